The maximum Gasteiger partial charge on any atom is 0.126 e. The Balaban J connectivity index is 1.97. The van der Waals surface area contributed by atoms with Gasteiger partial charge >= 0.3 is 0 Å². The van der Waals surface area contributed by atoms with Gasteiger partial charge in [0.1, 0.15) is 16.9 Å². The summed E-state index contributed by atoms with van der Waals surface area (Å²) in [6.45, 7) is 0.663. The zero-order valence-electron chi connectivity index (χ0n) is 7.84. The van der Waals surface area contributed by atoms with E-state index in [2.05, 4.69) is 15.3 Å². The highest BCUT2D eigenvalue weighted by Crippen LogP contribution is 2.08. The molecule has 0 aliphatic heterocycles. The molecule has 0 unspecified atom stereocenters. The van der Waals surface area contributed by atoms with Crippen molar-refractivity contribution in [3.8, 4) is 6.07 Å². The molecule has 2 aromatic heterocycles. The molecule has 15 heavy (non-hydrogen) atoms. The Morgan fingerprint density at radius 2 is 2.33 bits per heavy atom. The molecule has 4 nitrogen and oxygen atoms in total. The minimum Gasteiger partial charge on any atom is -0.364 e. The molecule has 1 N–H and O–H groups in total. The SMILES string of the molecule is N#Cc1ccc(NCc2nccs2)nc1. The molecule has 2 rings (SSSR count). The second kappa shape index (κ2) is 4.53. The fourth-order valence-electron chi connectivity index (χ4n) is 1.07. The Bertz CT molecular complexity index is 455. The highest BCUT2D eigenvalue weighted by molar-refractivity contribution is 7.09. The summed E-state index contributed by atoms with van der Waals surface area (Å²) in [6, 6.07) is 5.54. The van der Waals surface area contributed by atoms with Crippen molar-refractivity contribution in [2.75, 3.05) is 5.32 Å². The van der Waals surface area contributed by atoms with E-state index >= 15 is 0 Å². The Hall–Kier alpha value is -1.93. The van der Waals surface area contributed by atoms with Crippen LogP contribution < -0.4 is 5.32 Å². The van der Waals surface area contributed by atoms with Crippen LogP contribution in [0.15, 0.2) is 29.9 Å². The summed E-state index contributed by atoms with van der Waals surface area (Å²) < 4.78 is 0. The second-order valence-corrected chi connectivity index (χ2v) is 3.80. The van der Waals surface area contributed by atoms with Gasteiger partial charge in [-0.25, -0.2) is 9.97 Å². The number of anilines is 1. The lowest BCUT2D eigenvalue weighted by Gasteiger charge is -2.01. The summed E-state index contributed by atoms with van der Waals surface area (Å²) >= 11 is 1.60. The maximum absolute atomic E-state index is 8.59. The van der Waals surface area contributed by atoms with Crippen LogP contribution in [-0.4, -0.2) is 9.97 Å². The minimum atomic E-state index is 0.565. The van der Waals surface area contributed by atoms with Gasteiger partial charge in [-0.05, 0) is 12.1 Å². The predicted molar refractivity (Wildman–Crippen MR) is 58.4 cm³/mol. The van der Waals surface area contributed by atoms with Gasteiger partial charge in [0.25, 0.3) is 0 Å². The molecule has 0 radical (unpaired) electrons. The summed E-state index contributed by atoms with van der Waals surface area (Å²) in [4.78, 5) is 8.23. The van der Waals surface area contributed by atoms with E-state index in [4.69, 9.17) is 5.26 Å². The molecule has 0 bridgehead atoms. The molecule has 0 spiro atoms. The van der Waals surface area contributed by atoms with E-state index in [1.165, 1.54) is 0 Å². The van der Waals surface area contributed by atoms with Gasteiger partial charge in [0.15, 0.2) is 0 Å². The van der Waals surface area contributed by atoms with Crippen molar-refractivity contribution in [3.05, 3.63) is 40.5 Å². The highest BCUT2D eigenvalue weighted by Gasteiger charge is 1.97. The van der Waals surface area contributed by atoms with Crippen molar-refractivity contribution in [1.82, 2.24) is 9.97 Å². The van der Waals surface area contributed by atoms with Crippen molar-refractivity contribution in [2.24, 2.45) is 0 Å². The van der Waals surface area contributed by atoms with E-state index in [0.29, 0.717) is 12.1 Å². The molecule has 0 aliphatic rings. The number of hydrogen-bond acceptors (Lipinski definition) is 5. The van der Waals surface area contributed by atoms with Crippen LogP contribution in [0.4, 0.5) is 5.82 Å². The summed E-state index contributed by atoms with van der Waals surface area (Å²) in [6.07, 6.45) is 3.32. The zero-order chi connectivity index (χ0) is 10.5. The predicted octanol–water partition coefficient (Wildman–Crippen LogP) is 2.02. The van der Waals surface area contributed by atoms with Gasteiger partial charge in [-0.2, -0.15) is 5.26 Å². The van der Waals surface area contributed by atoms with Crippen LogP contribution in [0.5, 0.6) is 0 Å². The fraction of sp³-hybridized carbons (Fsp3) is 0.100. The van der Waals surface area contributed by atoms with E-state index in [1.807, 2.05) is 11.4 Å². The molecular formula is C10H8N4S. The van der Waals surface area contributed by atoms with Crippen molar-refractivity contribution >= 4 is 17.2 Å². The first-order valence-corrected chi connectivity index (χ1v) is 5.25. The number of nitrogens with zero attached hydrogens (tertiary/aromatic N) is 3. The van der Waals surface area contributed by atoms with Crippen LogP contribution in [0.2, 0.25) is 0 Å². The van der Waals surface area contributed by atoms with Crippen LogP contribution in [0.1, 0.15) is 10.6 Å². The monoisotopic (exact) mass is 216 g/mol. The van der Waals surface area contributed by atoms with Crippen LogP contribution in [0.3, 0.4) is 0 Å². The van der Waals surface area contributed by atoms with Crippen LogP contribution in [0.25, 0.3) is 0 Å². The quantitative estimate of drug-likeness (QED) is 0.852. The summed E-state index contributed by atoms with van der Waals surface area (Å²) in [5, 5.41) is 14.7. The third-order valence-corrected chi connectivity index (χ3v) is 2.58. The minimum absolute atomic E-state index is 0.565. The number of nitrogens with one attached hydrogen (secondary N) is 1. The molecule has 74 valence electrons. The van der Waals surface area contributed by atoms with Crippen LogP contribution in [0, 0.1) is 11.3 Å². The molecule has 0 atom stereocenters. The van der Waals surface area contributed by atoms with Gasteiger partial charge in [0.05, 0.1) is 12.1 Å². The van der Waals surface area contributed by atoms with Gasteiger partial charge in [-0.1, -0.05) is 0 Å². The fourth-order valence-corrected chi connectivity index (χ4v) is 1.63. The third kappa shape index (κ3) is 2.51. The number of rotatable bonds is 3. The first-order valence-electron chi connectivity index (χ1n) is 4.37. The highest BCUT2D eigenvalue weighted by atomic mass is 32.1. The molecule has 0 saturated carbocycles. The van der Waals surface area contributed by atoms with Gasteiger partial charge in [-0.15, -0.1) is 11.3 Å². The first-order chi connectivity index (χ1) is 7.38. The molecule has 0 saturated heterocycles. The summed E-state index contributed by atoms with van der Waals surface area (Å²) in [5.41, 5.74) is 0.565. The normalized spacial score (nSPS) is 9.53. The third-order valence-electron chi connectivity index (χ3n) is 1.80. The number of nitriles is 1. The number of hydrogen-bond donors (Lipinski definition) is 1. The average Bonchev–Trinajstić information content (AvgIpc) is 2.80. The van der Waals surface area contributed by atoms with E-state index < -0.39 is 0 Å². The molecule has 0 aliphatic carbocycles. The maximum atomic E-state index is 8.59. The van der Waals surface area contributed by atoms with Crippen molar-refractivity contribution in [2.45, 2.75) is 6.54 Å². The van der Waals surface area contributed by atoms with E-state index in [1.54, 1.807) is 35.9 Å². The largest absolute Gasteiger partial charge is 0.364 e. The number of thiazole rings is 1. The molecular weight excluding hydrogens is 208 g/mol. The Morgan fingerprint density at radius 1 is 1.40 bits per heavy atom. The average molecular weight is 216 g/mol. The lowest BCUT2D eigenvalue weighted by molar-refractivity contribution is 1.08. The number of pyridine rings is 1. The molecule has 0 fully saturated rings. The number of aromatic nitrogens is 2. The molecule has 2 heterocycles. The Labute approximate surface area is 91.2 Å². The Kier molecular flexibility index (Phi) is 2.90. The van der Waals surface area contributed by atoms with Crippen LogP contribution >= 0.6 is 11.3 Å². The lowest BCUT2D eigenvalue weighted by atomic mass is 10.3. The summed E-state index contributed by atoms with van der Waals surface area (Å²) in [7, 11) is 0. The first kappa shape index (κ1) is 9.62. The molecule has 0 amide bonds. The van der Waals surface area contributed by atoms with Crippen molar-refractivity contribution in [1.29, 1.82) is 5.26 Å². The van der Waals surface area contributed by atoms with Crippen molar-refractivity contribution < 1.29 is 0 Å². The lowest BCUT2D eigenvalue weighted by Crippen LogP contribution is -2.00. The van der Waals surface area contributed by atoms with E-state index in [-0.39, 0.29) is 0 Å². The standard InChI is InChI=1S/C10H8N4S/c11-5-8-1-2-9(13-6-8)14-7-10-12-3-4-15-10/h1-4,6H,7H2,(H,13,14). The van der Waals surface area contributed by atoms with E-state index in [0.717, 1.165) is 10.8 Å². The topological polar surface area (TPSA) is 61.6 Å². The van der Waals surface area contributed by atoms with Gasteiger partial charge < -0.3 is 5.32 Å². The molecule has 0 aromatic carbocycles. The van der Waals surface area contributed by atoms with Crippen molar-refractivity contribution in [3.63, 3.8) is 0 Å². The van der Waals surface area contributed by atoms with E-state index in [9.17, 15) is 0 Å². The van der Waals surface area contributed by atoms with Gasteiger partial charge in [-0.3, -0.25) is 0 Å². The zero-order valence-corrected chi connectivity index (χ0v) is 8.66. The van der Waals surface area contributed by atoms with Gasteiger partial charge in [0, 0.05) is 17.8 Å². The summed E-state index contributed by atoms with van der Waals surface area (Å²) in [5.74, 6) is 0.754. The van der Waals surface area contributed by atoms with Crippen LogP contribution in [-0.2, 0) is 6.54 Å². The smallest absolute Gasteiger partial charge is 0.126 e. The molecule has 5 heteroatoms. The van der Waals surface area contributed by atoms with Gasteiger partial charge in [0.2, 0.25) is 0 Å². The Morgan fingerprint density at radius 3 is 2.93 bits per heavy atom. The molecule has 2 aromatic rings. The second-order valence-electron chi connectivity index (χ2n) is 2.82.